The summed E-state index contributed by atoms with van der Waals surface area (Å²) in [6.07, 6.45) is -3.37. The number of hydrogen-bond donors (Lipinski definition) is 0. The molecule has 39 heavy (non-hydrogen) atoms. The molecule has 0 N–H and O–H groups in total. The summed E-state index contributed by atoms with van der Waals surface area (Å²) in [5, 5.41) is 0.114. The number of rotatable bonds is 7. The normalized spacial score (nSPS) is 15.9. The molecule has 1 saturated heterocycles. The van der Waals surface area contributed by atoms with E-state index >= 15 is 0 Å². The SMILES string of the molecule is CN(c1ccccc1)S(=O)(=O)c1ccc(C(=O)N(CC2CCCO2)c2nc3c(C(F)(F)F)cccc3s2)cc1. The molecule has 1 aliphatic rings. The van der Waals surface area contributed by atoms with Crippen molar-refractivity contribution in [2.75, 3.05) is 29.4 Å². The summed E-state index contributed by atoms with van der Waals surface area (Å²) >= 11 is 0.987. The highest BCUT2D eigenvalue weighted by Crippen LogP contribution is 2.39. The van der Waals surface area contributed by atoms with Gasteiger partial charge in [0.1, 0.15) is 0 Å². The molecule has 1 amide bonds. The highest BCUT2D eigenvalue weighted by atomic mass is 32.2. The first-order chi connectivity index (χ1) is 18.6. The average molecular weight is 576 g/mol. The van der Waals surface area contributed by atoms with Gasteiger partial charge in [0.15, 0.2) is 5.13 Å². The smallest absolute Gasteiger partial charge is 0.376 e. The van der Waals surface area contributed by atoms with Crippen LogP contribution in [-0.4, -0.2) is 45.6 Å². The van der Waals surface area contributed by atoms with Crippen LogP contribution in [0.5, 0.6) is 0 Å². The molecule has 1 aliphatic heterocycles. The number of fused-ring (bicyclic) bond motifs is 1. The Labute approximate surface area is 227 Å². The predicted octanol–water partition coefficient (Wildman–Crippen LogP) is 5.97. The second-order valence-electron chi connectivity index (χ2n) is 9.03. The molecule has 12 heteroatoms. The maximum absolute atomic E-state index is 13.7. The Morgan fingerprint density at radius 2 is 1.77 bits per heavy atom. The second-order valence-corrected chi connectivity index (χ2v) is 12.0. The molecule has 1 fully saturated rings. The fourth-order valence-corrected chi connectivity index (χ4v) is 6.58. The van der Waals surface area contributed by atoms with Crippen molar-refractivity contribution >= 4 is 48.3 Å². The number of nitrogens with zero attached hydrogens (tertiary/aromatic N) is 3. The number of hydrogen-bond acceptors (Lipinski definition) is 6. The minimum Gasteiger partial charge on any atom is -0.376 e. The van der Waals surface area contributed by atoms with E-state index in [0.717, 1.165) is 28.1 Å². The minimum absolute atomic E-state index is 0.00844. The lowest BCUT2D eigenvalue weighted by Crippen LogP contribution is -2.37. The van der Waals surface area contributed by atoms with Gasteiger partial charge in [-0.25, -0.2) is 13.4 Å². The van der Waals surface area contributed by atoms with Crippen molar-refractivity contribution in [2.45, 2.75) is 30.0 Å². The summed E-state index contributed by atoms with van der Waals surface area (Å²) in [5.41, 5.74) is -0.441. The number of sulfonamides is 1. The summed E-state index contributed by atoms with van der Waals surface area (Å²) in [7, 11) is -2.45. The van der Waals surface area contributed by atoms with Crippen molar-refractivity contribution < 1.29 is 31.1 Å². The van der Waals surface area contributed by atoms with Gasteiger partial charge < -0.3 is 4.74 Å². The van der Waals surface area contributed by atoms with E-state index < -0.39 is 27.7 Å². The van der Waals surface area contributed by atoms with Gasteiger partial charge in [-0.15, -0.1) is 0 Å². The summed E-state index contributed by atoms with van der Waals surface area (Å²) in [6.45, 7) is 0.642. The zero-order chi connectivity index (χ0) is 27.8. The second kappa shape index (κ2) is 10.6. The number of para-hydroxylation sites is 2. The molecule has 0 spiro atoms. The van der Waals surface area contributed by atoms with E-state index in [1.54, 1.807) is 30.3 Å². The van der Waals surface area contributed by atoms with Crippen LogP contribution in [0.1, 0.15) is 28.8 Å². The molecule has 1 aromatic heterocycles. The van der Waals surface area contributed by atoms with E-state index in [9.17, 15) is 26.4 Å². The van der Waals surface area contributed by atoms with Gasteiger partial charge in [-0.3, -0.25) is 14.0 Å². The van der Waals surface area contributed by atoms with Crippen LogP contribution in [0, 0.1) is 0 Å². The van der Waals surface area contributed by atoms with Crippen molar-refractivity contribution in [2.24, 2.45) is 0 Å². The number of anilines is 2. The summed E-state index contributed by atoms with van der Waals surface area (Å²) < 4.78 is 74.2. The molecule has 5 rings (SSSR count). The van der Waals surface area contributed by atoms with Crippen LogP contribution in [0.2, 0.25) is 0 Å². The van der Waals surface area contributed by atoms with Crippen LogP contribution in [0.15, 0.2) is 77.7 Å². The van der Waals surface area contributed by atoms with E-state index in [1.165, 1.54) is 48.3 Å². The number of amides is 1. The van der Waals surface area contributed by atoms with Crippen LogP contribution in [0.3, 0.4) is 0 Å². The topological polar surface area (TPSA) is 79.8 Å². The third kappa shape index (κ3) is 5.49. The first-order valence-corrected chi connectivity index (χ1v) is 14.4. The zero-order valence-corrected chi connectivity index (χ0v) is 22.4. The summed E-state index contributed by atoms with van der Waals surface area (Å²) in [5.74, 6) is -0.515. The van der Waals surface area contributed by atoms with Crippen molar-refractivity contribution in [3.63, 3.8) is 0 Å². The number of ether oxygens (including phenoxy) is 1. The fourth-order valence-electron chi connectivity index (χ4n) is 4.38. The number of benzene rings is 3. The maximum atomic E-state index is 13.7. The Balaban J connectivity index is 1.47. The first-order valence-electron chi connectivity index (χ1n) is 12.1. The maximum Gasteiger partial charge on any atom is 0.418 e. The number of carbonyl (C=O) groups is 1. The molecule has 1 unspecified atom stereocenters. The molecule has 0 radical (unpaired) electrons. The van der Waals surface area contributed by atoms with E-state index in [1.807, 2.05) is 0 Å². The van der Waals surface area contributed by atoms with Gasteiger partial charge in [-0.2, -0.15) is 13.2 Å². The van der Waals surface area contributed by atoms with Crippen molar-refractivity contribution in [1.29, 1.82) is 0 Å². The van der Waals surface area contributed by atoms with Gasteiger partial charge in [0.2, 0.25) is 0 Å². The first kappa shape index (κ1) is 27.1. The largest absolute Gasteiger partial charge is 0.418 e. The molecule has 0 bridgehead atoms. The molecular weight excluding hydrogens is 551 g/mol. The molecule has 204 valence electrons. The third-order valence-electron chi connectivity index (χ3n) is 6.48. The molecule has 0 saturated carbocycles. The van der Waals surface area contributed by atoms with Crippen LogP contribution in [-0.2, 0) is 20.9 Å². The fraction of sp³-hybridized carbons (Fsp3) is 0.259. The lowest BCUT2D eigenvalue weighted by atomic mass is 10.1. The van der Waals surface area contributed by atoms with Crippen LogP contribution >= 0.6 is 11.3 Å². The quantitative estimate of drug-likeness (QED) is 0.272. The van der Waals surface area contributed by atoms with Gasteiger partial charge in [-0.05, 0) is 61.4 Å². The lowest BCUT2D eigenvalue weighted by Gasteiger charge is -2.23. The zero-order valence-electron chi connectivity index (χ0n) is 20.8. The third-order valence-corrected chi connectivity index (χ3v) is 9.32. The van der Waals surface area contributed by atoms with Crippen LogP contribution in [0.25, 0.3) is 10.2 Å². The Bertz CT molecular complexity index is 1580. The lowest BCUT2D eigenvalue weighted by molar-refractivity contribution is -0.136. The monoisotopic (exact) mass is 575 g/mol. The van der Waals surface area contributed by atoms with Crippen LogP contribution in [0.4, 0.5) is 24.0 Å². The summed E-state index contributed by atoms with van der Waals surface area (Å²) in [4.78, 5) is 19.2. The Morgan fingerprint density at radius 1 is 1.05 bits per heavy atom. The number of halogens is 3. The van der Waals surface area contributed by atoms with E-state index in [-0.39, 0.29) is 33.8 Å². The Kier molecular flexibility index (Phi) is 7.36. The van der Waals surface area contributed by atoms with Gasteiger partial charge >= 0.3 is 6.18 Å². The highest BCUT2D eigenvalue weighted by Gasteiger charge is 2.35. The molecule has 2 heterocycles. The van der Waals surface area contributed by atoms with Gasteiger partial charge in [0, 0.05) is 19.2 Å². The average Bonchev–Trinajstić information content (AvgIpc) is 3.60. The van der Waals surface area contributed by atoms with Gasteiger partial charge in [0.25, 0.3) is 15.9 Å². The van der Waals surface area contributed by atoms with Gasteiger partial charge in [0.05, 0.1) is 39.0 Å². The van der Waals surface area contributed by atoms with E-state index in [4.69, 9.17) is 4.74 Å². The van der Waals surface area contributed by atoms with E-state index in [0.29, 0.717) is 23.4 Å². The number of carbonyl (C=O) groups excluding carboxylic acids is 1. The van der Waals surface area contributed by atoms with Crippen molar-refractivity contribution in [3.8, 4) is 0 Å². The molecule has 1 atom stereocenters. The highest BCUT2D eigenvalue weighted by molar-refractivity contribution is 7.92. The molecule has 7 nitrogen and oxygen atoms in total. The molecule has 0 aliphatic carbocycles. The van der Waals surface area contributed by atoms with E-state index in [2.05, 4.69) is 4.98 Å². The van der Waals surface area contributed by atoms with Crippen molar-refractivity contribution in [3.05, 3.63) is 83.9 Å². The van der Waals surface area contributed by atoms with Crippen molar-refractivity contribution in [1.82, 2.24) is 4.98 Å². The Morgan fingerprint density at radius 3 is 2.41 bits per heavy atom. The predicted molar refractivity (Wildman–Crippen MR) is 144 cm³/mol. The number of alkyl halides is 3. The van der Waals surface area contributed by atoms with Gasteiger partial charge in [-0.1, -0.05) is 35.6 Å². The Hall–Kier alpha value is -3.48. The minimum atomic E-state index is -4.59. The number of aromatic nitrogens is 1. The molecule has 3 aromatic carbocycles. The summed E-state index contributed by atoms with van der Waals surface area (Å²) in [6, 6.07) is 17.8. The standard InChI is InChI=1S/C27H24F3N3O4S2/c1-32(19-7-3-2-4-8-19)39(35,36)21-14-12-18(13-15-21)25(34)33(17-20-9-6-16-37-20)26-31-24-22(27(28,29)30)10-5-11-23(24)38-26/h2-5,7-8,10-15,20H,6,9,16-17H2,1H3. The number of thiazole rings is 1. The van der Waals surface area contributed by atoms with Crippen LogP contribution < -0.4 is 9.21 Å². The molecule has 4 aromatic rings. The molecular formula is C27H24F3N3O4S2.